The second-order valence-electron chi connectivity index (χ2n) is 4.25. The Hall–Kier alpha value is -2.93. The van der Waals surface area contributed by atoms with Crippen LogP contribution in [0, 0.1) is 18.3 Å². The van der Waals surface area contributed by atoms with Crippen molar-refractivity contribution in [2.75, 3.05) is 5.32 Å². The van der Waals surface area contributed by atoms with Crippen molar-refractivity contribution >= 4 is 17.7 Å². The van der Waals surface area contributed by atoms with Gasteiger partial charge in [-0.25, -0.2) is 0 Å². The Morgan fingerprint density at radius 3 is 2.95 bits per heavy atom. The van der Waals surface area contributed by atoms with Gasteiger partial charge in [0.15, 0.2) is 0 Å². The number of aryl methyl sites for hydroxylation is 1. The van der Waals surface area contributed by atoms with Gasteiger partial charge in [0.05, 0.1) is 11.6 Å². The number of nitriles is 1. The molecule has 0 saturated carbocycles. The summed E-state index contributed by atoms with van der Waals surface area (Å²) in [5.74, 6) is -0.224. The average Bonchev–Trinajstić information content (AvgIpc) is 2.45. The van der Waals surface area contributed by atoms with Crippen molar-refractivity contribution in [1.29, 1.82) is 5.26 Å². The van der Waals surface area contributed by atoms with E-state index in [1.807, 2.05) is 13.0 Å². The second kappa shape index (κ2) is 6.30. The van der Waals surface area contributed by atoms with Gasteiger partial charge in [-0.2, -0.15) is 5.26 Å². The molecule has 4 heteroatoms. The van der Waals surface area contributed by atoms with Gasteiger partial charge < -0.3 is 5.32 Å². The second-order valence-corrected chi connectivity index (χ2v) is 4.25. The fourth-order valence-electron chi connectivity index (χ4n) is 1.69. The van der Waals surface area contributed by atoms with Gasteiger partial charge >= 0.3 is 0 Å². The van der Waals surface area contributed by atoms with E-state index in [2.05, 4.69) is 16.4 Å². The van der Waals surface area contributed by atoms with Crippen LogP contribution in [0.1, 0.15) is 16.8 Å². The monoisotopic (exact) mass is 263 g/mol. The molecule has 0 atom stereocenters. The summed E-state index contributed by atoms with van der Waals surface area (Å²) in [5, 5.41) is 11.6. The molecule has 0 spiro atoms. The molecule has 0 aliphatic rings. The molecule has 0 aliphatic heterocycles. The number of amides is 1. The summed E-state index contributed by atoms with van der Waals surface area (Å²) in [7, 11) is 0. The molecule has 1 aromatic heterocycles. The summed E-state index contributed by atoms with van der Waals surface area (Å²) in [6.07, 6.45) is 4.75. The summed E-state index contributed by atoms with van der Waals surface area (Å²) in [4.78, 5) is 15.8. The van der Waals surface area contributed by atoms with Crippen molar-refractivity contribution in [1.82, 2.24) is 4.98 Å². The SMILES string of the molecule is Cc1cc(NC(=O)C=Cc2cccc(C#N)c2)ccn1. The highest BCUT2D eigenvalue weighted by Gasteiger charge is 1.98. The molecule has 4 nitrogen and oxygen atoms in total. The van der Waals surface area contributed by atoms with Crippen LogP contribution in [-0.4, -0.2) is 10.9 Å². The number of benzene rings is 1. The highest BCUT2D eigenvalue weighted by molar-refractivity contribution is 6.01. The topological polar surface area (TPSA) is 65.8 Å². The van der Waals surface area contributed by atoms with E-state index in [1.54, 1.807) is 42.6 Å². The Morgan fingerprint density at radius 2 is 2.20 bits per heavy atom. The zero-order chi connectivity index (χ0) is 14.4. The first-order valence-corrected chi connectivity index (χ1v) is 6.09. The van der Waals surface area contributed by atoms with Crippen molar-refractivity contribution in [2.24, 2.45) is 0 Å². The number of rotatable bonds is 3. The fraction of sp³-hybridized carbons (Fsp3) is 0.0625. The van der Waals surface area contributed by atoms with Crippen LogP contribution >= 0.6 is 0 Å². The van der Waals surface area contributed by atoms with Crippen LogP contribution in [-0.2, 0) is 4.79 Å². The van der Waals surface area contributed by atoms with Gasteiger partial charge in [-0.1, -0.05) is 12.1 Å². The zero-order valence-electron chi connectivity index (χ0n) is 11.0. The molecule has 0 bridgehead atoms. The van der Waals surface area contributed by atoms with Crippen LogP contribution in [0.15, 0.2) is 48.7 Å². The van der Waals surface area contributed by atoms with Crippen molar-refractivity contribution in [3.8, 4) is 6.07 Å². The molecule has 2 aromatic rings. The standard InChI is InChI=1S/C16H13N3O/c1-12-9-15(7-8-18-12)19-16(20)6-5-13-3-2-4-14(10-13)11-17/h2-10H,1H3,(H,18,19,20). The largest absolute Gasteiger partial charge is 0.322 e. The molecular formula is C16H13N3O. The number of nitrogens with zero attached hydrogens (tertiary/aromatic N) is 2. The van der Waals surface area contributed by atoms with E-state index in [-0.39, 0.29) is 5.91 Å². The van der Waals surface area contributed by atoms with E-state index in [0.29, 0.717) is 11.3 Å². The minimum absolute atomic E-state index is 0.224. The summed E-state index contributed by atoms with van der Waals surface area (Å²) >= 11 is 0. The number of nitrogens with one attached hydrogen (secondary N) is 1. The molecule has 0 fully saturated rings. The summed E-state index contributed by atoms with van der Waals surface area (Å²) in [6.45, 7) is 1.86. The third kappa shape index (κ3) is 3.79. The molecule has 1 aromatic carbocycles. The number of hydrogen-bond donors (Lipinski definition) is 1. The minimum Gasteiger partial charge on any atom is -0.322 e. The Labute approximate surface area is 117 Å². The van der Waals surface area contributed by atoms with Crippen LogP contribution < -0.4 is 5.32 Å². The molecular weight excluding hydrogens is 250 g/mol. The van der Waals surface area contributed by atoms with Crippen LogP contribution in [0.5, 0.6) is 0 Å². The van der Waals surface area contributed by atoms with Gasteiger partial charge in [0, 0.05) is 23.7 Å². The van der Waals surface area contributed by atoms with Crippen molar-refractivity contribution in [3.63, 3.8) is 0 Å². The van der Waals surface area contributed by atoms with E-state index in [9.17, 15) is 4.79 Å². The highest BCUT2D eigenvalue weighted by atomic mass is 16.1. The Kier molecular flexibility index (Phi) is 4.25. The van der Waals surface area contributed by atoms with E-state index in [0.717, 1.165) is 11.3 Å². The van der Waals surface area contributed by atoms with Crippen molar-refractivity contribution < 1.29 is 4.79 Å². The Bertz CT molecular complexity index is 699. The third-order valence-electron chi connectivity index (χ3n) is 2.61. The molecule has 1 amide bonds. The smallest absolute Gasteiger partial charge is 0.248 e. The zero-order valence-corrected chi connectivity index (χ0v) is 11.0. The first-order chi connectivity index (χ1) is 9.67. The number of pyridine rings is 1. The molecule has 98 valence electrons. The Balaban J connectivity index is 2.04. The first kappa shape index (κ1) is 13.5. The molecule has 0 radical (unpaired) electrons. The van der Waals surface area contributed by atoms with Gasteiger partial charge in [-0.05, 0) is 42.8 Å². The van der Waals surface area contributed by atoms with E-state index in [4.69, 9.17) is 5.26 Å². The summed E-state index contributed by atoms with van der Waals surface area (Å²) in [6, 6.07) is 12.6. The molecule has 0 saturated heterocycles. The summed E-state index contributed by atoms with van der Waals surface area (Å²) < 4.78 is 0. The maximum atomic E-state index is 11.8. The van der Waals surface area contributed by atoms with Crippen LogP contribution in [0.2, 0.25) is 0 Å². The molecule has 0 aliphatic carbocycles. The van der Waals surface area contributed by atoms with Gasteiger partial charge in [0.25, 0.3) is 0 Å². The number of aromatic nitrogens is 1. The fourth-order valence-corrected chi connectivity index (χ4v) is 1.69. The molecule has 1 heterocycles. The lowest BCUT2D eigenvalue weighted by atomic mass is 10.1. The van der Waals surface area contributed by atoms with Gasteiger partial charge in [-0.3, -0.25) is 9.78 Å². The van der Waals surface area contributed by atoms with Crippen molar-refractivity contribution in [3.05, 3.63) is 65.5 Å². The first-order valence-electron chi connectivity index (χ1n) is 6.09. The average molecular weight is 263 g/mol. The predicted octanol–water partition coefficient (Wildman–Crippen LogP) is 2.91. The lowest BCUT2D eigenvalue weighted by Crippen LogP contribution is -2.07. The lowest BCUT2D eigenvalue weighted by molar-refractivity contribution is -0.111. The number of carbonyl (C=O) groups is 1. The van der Waals surface area contributed by atoms with E-state index < -0.39 is 0 Å². The van der Waals surface area contributed by atoms with E-state index in [1.165, 1.54) is 6.08 Å². The molecule has 2 rings (SSSR count). The maximum absolute atomic E-state index is 11.8. The predicted molar refractivity (Wildman–Crippen MR) is 77.8 cm³/mol. The maximum Gasteiger partial charge on any atom is 0.248 e. The third-order valence-corrected chi connectivity index (χ3v) is 2.61. The van der Waals surface area contributed by atoms with Gasteiger partial charge in [-0.15, -0.1) is 0 Å². The van der Waals surface area contributed by atoms with Gasteiger partial charge in [0.2, 0.25) is 5.91 Å². The normalized spacial score (nSPS) is 10.2. The number of carbonyl (C=O) groups excluding carboxylic acids is 1. The molecule has 20 heavy (non-hydrogen) atoms. The van der Waals surface area contributed by atoms with Crippen LogP contribution in [0.3, 0.4) is 0 Å². The van der Waals surface area contributed by atoms with Gasteiger partial charge in [0.1, 0.15) is 0 Å². The quantitative estimate of drug-likeness (QED) is 0.866. The van der Waals surface area contributed by atoms with E-state index >= 15 is 0 Å². The van der Waals surface area contributed by atoms with Crippen LogP contribution in [0.25, 0.3) is 6.08 Å². The summed E-state index contributed by atoms with van der Waals surface area (Å²) in [5.41, 5.74) is 2.92. The highest BCUT2D eigenvalue weighted by Crippen LogP contribution is 2.08. The van der Waals surface area contributed by atoms with Crippen LogP contribution in [0.4, 0.5) is 5.69 Å². The van der Waals surface area contributed by atoms with Crippen molar-refractivity contribution in [2.45, 2.75) is 6.92 Å². The number of anilines is 1. The number of hydrogen-bond acceptors (Lipinski definition) is 3. The Morgan fingerprint density at radius 1 is 1.35 bits per heavy atom. The molecule has 1 N–H and O–H groups in total. The lowest BCUT2D eigenvalue weighted by Gasteiger charge is -2.02. The minimum atomic E-state index is -0.224. The molecule has 0 unspecified atom stereocenters.